The molecule has 2 aromatic carbocycles. The van der Waals surface area contributed by atoms with Crippen molar-refractivity contribution in [3.63, 3.8) is 0 Å². The predicted octanol–water partition coefficient (Wildman–Crippen LogP) is 5.02. The van der Waals surface area contributed by atoms with E-state index < -0.39 is 22.5 Å². The van der Waals surface area contributed by atoms with E-state index in [4.69, 9.17) is 0 Å². The van der Waals surface area contributed by atoms with Crippen LogP contribution in [0, 0.1) is 12.7 Å². The smallest absolute Gasteiger partial charge is 0.290 e. The maximum Gasteiger partial charge on any atom is 0.290 e. The SMILES string of the molecule is Cc1c(-c2cc(Nc3ccc(C(=O)N4CCC(C)(O)CC4)cn3)c(=O)n(C)n2)cccc1-n1ncc2cc(C(C)(C)C)cc(F)c2c1=O. The first-order valence-corrected chi connectivity index (χ1v) is 15.8. The van der Waals surface area contributed by atoms with Gasteiger partial charge in [0.1, 0.15) is 17.3 Å². The van der Waals surface area contributed by atoms with Crippen molar-refractivity contribution < 1.29 is 14.3 Å². The summed E-state index contributed by atoms with van der Waals surface area (Å²) in [7, 11) is 1.53. The van der Waals surface area contributed by atoms with Gasteiger partial charge in [0.25, 0.3) is 17.0 Å². The van der Waals surface area contributed by atoms with E-state index in [1.807, 2.05) is 33.8 Å². The number of fused-ring (bicyclic) bond motifs is 1. The first-order valence-electron chi connectivity index (χ1n) is 15.8. The molecule has 0 atom stereocenters. The standard InChI is InChI=1S/C36H38FN7O4/c1-21-25(8-7-9-29(21)44-34(47)31-23(20-39-44)16-24(17-26(31)37)35(2,3)4)27-18-28(33(46)42(6)41-27)40-30-11-10-22(19-38-30)32(45)43-14-12-36(5,48)13-15-43/h7-11,16-20,48H,12-15H2,1-6H3,(H,38,40). The molecule has 12 heteroatoms. The lowest BCUT2D eigenvalue weighted by atomic mass is 9.86. The molecule has 2 N–H and O–H groups in total. The third kappa shape index (κ3) is 6.23. The number of hydrogen-bond donors (Lipinski definition) is 2. The van der Waals surface area contributed by atoms with Crippen LogP contribution in [-0.4, -0.2) is 59.1 Å². The van der Waals surface area contributed by atoms with Crippen molar-refractivity contribution >= 4 is 28.2 Å². The van der Waals surface area contributed by atoms with E-state index in [2.05, 4.69) is 20.5 Å². The number of aryl methyl sites for hydroxylation is 1. The summed E-state index contributed by atoms with van der Waals surface area (Å²) in [6.45, 7) is 10.4. The first kappa shape index (κ1) is 32.7. The number of amides is 1. The molecule has 3 aromatic heterocycles. The van der Waals surface area contributed by atoms with Gasteiger partial charge in [0.2, 0.25) is 0 Å². The van der Waals surface area contributed by atoms with E-state index in [9.17, 15) is 19.5 Å². The molecule has 4 heterocycles. The van der Waals surface area contributed by atoms with Crippen LogP contribution in [0.1, 0.15) is 62.0 Å². The van der Waals surface area contributed by atoms with Gasteiger partial charge >= 0.3 is 0 Å². The fourth-order valence-electron chi connectivity index (χ4n) is 5.90. The molecule has 1 amide bonds. The first-order chi connectivity index (χ1) is 22.6. The number of likely N-dealkylation sites (tertiary alicyclic amines) is 1. The third-order valence-corrected chi connectivity index (χ3v) is 8.98. The lowest BCUT2D eigenvalue weighted by Crippen LogP contribution is -2.45. The monoisotopic (exact) mass is 651 g/mol. The topological polar surface area (TPSA) is 135 Å². The van der Waals surface area contributed by atoms with Crippen molar-refractivity contribution in [2.24, 2.45) is 7.05 Å². The quantitative estimate of drug-likeness (QED) is 0.271. The lowest BCUT2D eigenvalue weighted by molar-refractivity contribution is -0.00203. The largest absolute Gasteiger partial charge is 0.390 e. The Morgan fingerprint density at radius 2 is 1.75 bits per heavy atom. The predicted molar refractivity (Wildman–Crippen MR) is 182 cm³/mol. The van der Waals surface area contributed by atoms with Gasteiger partial charge in [-0.1, -0.05) is 32.9 Å². The van der Waals surface area contributed by atoms with Crippen LogP contribution < -0.4 is 16.4 Å². The average Bonchev–Trinajstić information content (AvgIpc) is 3.03. The molecule has 0 bridgehead atoms. The van der Waals surface area contributed by atoms with Gasteiger partial charge in [0.15, 0.2) is 0 Å². The second-order valence-electron chi connectivity index (χ2n) is 13.7. The van der Waals surface area contributed by atoms with Crippen molar-refractivity contribution in [1.29, 1.82) is 0 Å². The molecule has 248 valence electrons. The number of carbonyl (C=O) groups excluding carboxylic acids is 1. The summed E-state index contributed by atoms with van der Waals surface area (Å²) < 4.78 is 17.7. The number of nitrogens with one attached hydrogen (secondary N) is 1. The van der Waals surface area contributed by atoms with E-state index in [0.717, 1.165) is 5.56 Å². The number of nitrogens with zero attached hydrogens (tertiary/aromatic N) is 6. The number of aliphatic hydroxyl groups is 1. The van der Waals surface area contributed by atoms with Crippen molar-refractivity contribution in [3.8, 4) is 16.9 Å². The highest BCUT2D eigenvalue weighted by molar-refractivity contribution is 5.94. The van der Waals surface area contributed by atoms with Gasteiger partial charge < -0.3 is 15.3 Å². The van der Waals surface area contributed by atoms with E-state index in [1.165, 1.54) is 34.9 Å². The maximum atomic E-state index is 15.3. The highest BCUT2D eigenvalue weighted by atomic mass is 19.1. The maximum absolute atomic E-state index is 15.3. The summed E-state index contributed by atoms with van der Waals surface area (Å²) in [5, 5.41) is 22.5. The lowest BCUT2D eigenvalue weighted by Gasteiger charge is -2.35. The Hall–Kier alpha value is -5.23. The third-order valence-electron chi connectivity index (χ3n) is 8.98. The Kier molecular flexibility index (Phi) is 8.24. The summed E-state index contributed by atoms with van der Waals surface area (Å²) in [6.07, 6.45) is 3.97. The number of aromatic nitrogens is 5. The van der Waals surface area contributed by atoms with Gasteiger partial charge in [0.05, 0.1) is 34.1 Å². The Bertz CT molecular complexity index is 2170. The van der Waals surface area contributed by atoms with Crippen LogP contribution in [0.4, 0.5) is 15.9 Å². The van der Waals surface area contributed by atoms with Gasteiger partial charge in [-0.05, 0) is 79.6 Å². The van der Waals surface area contributed by atoms with Gasteiger partial charge in [0, 0.05) is 37.3 Å². The van der Waals surface area contributed by atoms with Crippen molar-refractivity contribution in [1.82, 2.24) is 29.4 Å². The molecule has 0 saturated carbocycles. The molecule has 5 aromatic rings. The summed E-state index contributed by atoms with van der Waals surface area (Å²) in [4.78, 5) is 45.7. The minimum atomic E-state index is -0.764. The van der Waals surface area contributed by atoms with Crippen LogP contribution in [0.15, 0.2) is 70.5 Å². The van der Waals surface area contributed by atoms with E-state index in [-0.39, 0.29) is 22.4 Å². The molecular formula is C36H38FN7O4. The number of carbonyl (C=O) groups is 1. The molecular weight excluding hydrogens is 613 g/mol. The van der Waals surface area contributed by atoms with Crippen LogP contribution in [0.2, 0.25) is 0 Å². The van der Waals surface area contributed by atoms with Gasteiger partial charge in [-0.25, -0.2) is 14.1 Å². The van der Waals surface area contributed by atoms with Gasteiger partial charge in [-0.3, -0.25) is 14.4 Å². The molecule has 48 heavy (non-hydrogen) atoms. The molecule has 0 aliphatic carbocycles. The minimum Gasteiger partial charge on any atom is -0.390 e. The van der Waals surface area contributed by atoms with Gasteiger partial charge in [-0.15, -0.1) is 0 Å². The van der Waals surface area contributed by atoms with Crippen LogP contribution in [0.5, 0.6) is 0 Å². The Labute approximate surface area is 276 Å². The number of pyridine rings is 1. The molecule has 11 nitrogen and oxygen atoms in total. The number of anilines is 2. The van der Waals surface area contributed by atoms with Crippen molar-refractivity contribution in [2.45, 2.75) is 58.5 Å². The summed E-state index contributed by atoms with van der Waals surface area (Å²) in [5.41, 5.74) is 1.51. The molecule has 1 saturated heterocycles. The van der Waals surface area contributed by atoms with Crippen LogP contribution >= 0.6 is 0 Å². The Morgan fingerprint density at radius 3 is 2.42 bits per heavy atom. The summed E-state index contributed by atoms with van der Waals surface area (Å²) in [5.74, 6) is -0.412. The van der Waals surface area contributed by atoms with E-state index >= 15 is 4.39 Å². The fourth-order valence-corrected chi connectivity index (χ4v) is 5.90. The second-order valence-corrected chi connectivity index (χ2v) is 13.7. The van der Waals surface area contributed by atoms with Gasteiger partial charge in [-0.2, -0.15) is 14.9 Å². The second kappa shape index (κ2) is 12.1. The molecule has 6 rings (SSSR count). The number of rotatable bonds is 5. The fraction of sp³-hybridized carbons (Fsp3) is 0.333. The van der Waals surface area contributed by atoms with Crippen LogP contribution in [-0.2, 0) is 12.5 Å². The van der Waals surface area contributed by atoms with Crippen molar-refractivity contribution in [3.05, 3.63) is 104 Å². The molecule has 1 fully saturated rings. The zero-order chi connectivity index (χ0) is 34.5. The number of halogens is 1. The number of piperidine rings is 1. The van der Waals surface area contributed by atoms with Crippen LogP contribution in [0.25, 0.3) is 27.7 Å². The zero-order valence-corrected chi connectivity index (χ0v) is 27.8. The van der Waals surface area contributed by atoms with E-state index in [1.54, 1.807) is 48.2 Å². The van der Waals surface area contributed by atoms with E-state index in [0.29, 0.717) is 65.2 Å². The Morgan fingerprint density at radius 1 is 1.02 bits per heavy atom. The normalized spacial score (nSPS) is 14.7. The highest BCUT2D eigenvalue weighted by Crippen LogP contribution is 2.30. The highest BCUT2D eigenvalue weighted by Gasteiger charge is 2.30. The Balaban J connectivity index is 1.30. The summed E-state index contributed by atoms with van der Waals surface area (Å²) >= 11 is 0. The molecule has 1 aliphatic heterocycles. The molecule has 1 aliphatic rings. The average molecular weight is 652 g/mol. The molecule has 0 unspecified atom stereocenters. The zero-order valence-electron chi connectivity index (χ0n) is 27.8. The number of benzene rings is 2. The molecule has 0 spiro atoms. The van der Waals surface area contributed by atoms with Crippen molar-refractivity contribution in [2.75, 3.05) is 18.4 Å². The summed E-state index contributed by atoms with van der Waals surface area (Å²) in [6, 6.07) is 13.4. The minimum absolute atomic E-state index is 0.0428. The van der Waals surface area contributed by atoms with Crippen LogP contribution in [0.3, 0.4) is 0 Å². The number of hydrogen-bond acceptors (Lipinski definition) is 8. The molecule has 0 radical (unpaired) electrons.